The summed E-state index contributed by atoms with van der Waals surface area (Å²) in [6.45, 7) is 3.87. The van der Waals surface area contributed by atoms with Gasteiger partial charge in [0.25, 0.3) is 5.56 Å². The second-order valence-electron chi connectivity index (χ2n) is 4.93. The van der Waals surface area contributed by atoms with Gasteiger partial charge in [-0.25, -0.2) is 4.98 Å². The Balaban J connectivity index is 2.10. The minimum atomic E-state index is -0.221. The number of aromatic nitrogens is 2. The lowest BCUT2D eigenvalue weighted by atomic mass is 10.2. The van der Waals surface area contributed by atoms with Crippen LogP contribution < -0.4 is 5.56 Å². The predicted octanol–water partition coefficient (Wildman–Crippen LogP) is 4.19. The molecule has 0 aliphatic heterocycles. The van der Waals surface area contributed by atoms with Crippen LogP contribution in [0.5, 0.6) is 5.75 Å². The van der Waals surface area contributed by atoms with Crippen molar-refractivity contribution in [2.24, 2.45) is 5.10 Å². The molecule has 3 rings (SSSR count). The van der Waals surface area contributed by atoms with Crippen LogP contribution in [0.4, 0.5) is 0 Å². The zero-order valence-electron chi connectivity index (χ0n) is 12.2. The molecule has 0 saturated carbocycles. The SMILES string of the molecule is Cc1sc2ncn(/N=C\c3cc(Br)cc(Br)c3O)c(=O)c2c1C. The van der Waals surface area contributed by atoms with Crippen molar-refractivity contribution < 1.29 is 5.11 Å². The Labute approximate surface area is 152 Å². The first-order valence-corrected chi connectivity index (χ1v) is 8.98. The molecule has 0 fully saturated rings. The summed E-state index contributed by atoms with van der Waals surface area (Å²) < 4.78 is 2.50. The molecule has 0 bridgehead atoms. The van der Waals surface area contributed by atoms with Crippen LogP contribution in [0.1, 0.15) is 16.0 Å². The van der Waals surface area contributed by atoms with Gasteiger partial charge in [0.1, 0.15) is 16.9 Å². The maximum atomic E-state index is 12.5. The molecule has 0 radical (unpaired) electrons. The maximum Gasteiger partial charge on any atom is 0.282 e. The Bertz CT molecular complexity index is 1010. The van der Waals surface area contributed by atoms with E-state index in [1.165, 1.54) is 28.6 Å². The Morgan fingerprint density at radius 2 is 2.09 bits per heavy atom. The molecule has 0 atom stereocenters. The van der Waals surface area contributed by atoms with Crippen LogP contribution in [0.15, 0.2) is 37.3 Å². The van der Waals surface area contributed by atoms with Gasteiger partial charge < -0.3 is 5.11 Å². The molecule has 0 aliphatic carbocycles. The third-order valence-electron chi connectivity index (χ3n) is 3.45. The molecule has 2 aromatic heterocycles. The van der Waals surface area contributed by atoms with Crippen molar-refractivity contribution in [3.63, 3.8) is 0 Å². The van der Waals surface area contributed by atoms with E-state index in [2.05, 4.69) is 41.9 Å². The Morgan fingerprint density at radius 1 is 1.35 bits per heavy atom. The van der Waals surface area contributed by atoms with E-state index in [9.17, 15) is 9.90 Å². The van der Waals surface area contributed by atoms with Crippen molar-refractivity contribution in [1.29, 1.82) is 0 Å². The third kappa shape index (κ3) is 2.98. The summed E-state index contributed by atoms with van der Waals surface area (Å²) in [4.78, 5) is 18.6. The molecule has 2 heterocycles. The van der Waals surface area contributed by atoms with Gasteiger partial charge in [0.2, 0.25) is 0 Å². The van der Waals surface area contributed by atoms with Gasteiger partial charge in [-0.15, -0.1) is 11.3 Å². The molecule has 118 valence electrons. The standard InChI is InChI=1S/C15H11Br2N3O2S/c1-7-8(2)23-14-12(7)15(22)20(6-18-14)19-5-9-3-10(16)4-11(17)13(9)21/h3-6,21H,1-2H3/b19-5-. The number of benzene rings is 1. The van der Waals surface area contributed by atoms with Crippen molar-refractivity contribution in [3.8, 4) is 5.75 Å². The lowest BCUT2D eigenvalue weighted by molar-refractivity contribution is 0.471. The van der Waals surface area contributed by atoms with Gasteiger partial charge in [0.15, 0.2) is 0 Å². The Hall–Kier alpha value is -1.51. The highest BCUT2D eigenvalue weighted by atomic mass is 79.9. The van der Waals surface area contributed by atoms with Gasteiger partial charge in [0.05, 0.1) is 16.1 Å². The summed E-state index contributed by atoms with van der Waals surface area (Å²) in [6.07, 6.45) is 2.81. The highest BCUT2D eigenvalue weighted by Crippen LogP contribution is 2.30. The van der Waals surface area contributed by atoms with Crippen molar-refractivity contribution in [1.82, 2.24) is 9.66 Å². The minimum absolute atomic E-state index is 0.0570. The fourth-order valence-electron chi connectivity index (χ4n) is 2.12. The molecular weight excluding hydrogens is 446 g/mol. The second kappa shape index (κ2) is 6.18. The largest absolute Gasteiger partial charge is 0.506 e. The van der Waals surface area contributed by atoms with Crippen LogP contribution in [0.25, 0.3) is 10.2 Å². The lowest BCUT2D eigenvalue weighted by Crippen LogP contribution is -2.17. The van der Waals surface area contributed by atoms with Crippen LogP contribution in [0, 0.1) is 13.8 Å². The molecule has 3 aromatic rings. The van der Waals surface area contributed by atoms with Gasteiger partial charge in [-0.05, 0) is 47.5 Å². The number of rotatable bonds is 2. The quantitative estimate of drug-likeness (QED) is 0.588. The van der Waals surface area contributed by atoms with Crippen molar-refractivity contribution in [2.45, 2.75) is 13.8 Å². The molecule has 8 heteroatoms. The summed E-state index contributed by atoms with van der Waals surface area (Å²) in [6, 6.07) is 3.44. The molecule has 1 aromatic carbocycles. The number of fused-ring (bicyclic) bond motifs is 1. The van der Waals surface area contributed by atoms with Gasteiger partial charge in [-0.3, -0.25) is 4.79 Å². The van der Waals surface area contributed by atoms with Crippen molar-refractivity contribution in [3.05, 3.63) is 53.8 Å². The first-order chi connectivity index (χ1) is 10.9. The number of aryl methyl sites for hydroxylation is 2. The lowest BCUT2D eigenvalue weighted by Gasteiger charge is -2.03. The van der Waals surface area contributed by atoms with Crippen LogP contribution in [-0.4, -0.2) is 21.0 Å². The fourth-order valence-corrected chi connectivity index (χ4v) is 4.36. The van der Waals surface area contributed by atoms with Gasteiger partial charge in [0, 0.05) is 14.9 Å². The van der Waals surface area contributed by atoms with E-state index in [-0.39, 0.29) is 11.3 Å². The normalized spacial score (nSPS) is 11.7. The molecule has 23 heavy (non-hydrogen) atoms. The molecule has 0 saturated heterocycles. The van der Waals surface area contributed by atoms with Gasteiger partial charge in [-0.1, -0.05) is 15.9 Å². The van der Waals surface area contributed by atoms with Gasteiger partial charge >= 0.3 is 0 Å². The van der Waals surface area contributed by atoms with E-state index < -0.39 is 0 Å². The zero-order chi connectivity index (χ0) is 16.7. The Morgan fingerprint density at radius 3 is 2.83 bits per heavy atom. The smallest absolute Gasteiger partial charge is 0.282 e. The number of hydrogen-bond acceptors (Lipinski definition) is 5. The van der Waals surface area contributed by atoms with Crippen molar-refractivity contribution in [2.75, 3.05) is 0 Å². The highest BCUT2D eigenvalue weighted by molar-refractivity contribution is 9.11. The highest BCUT2D eigenvalue weighted by Gasteiger charge is 2.12. The number of phenols is 1. The van der Waals surface area contributed by atoms with E-state index >= 15 is 0 Å². The zero-order valence-corrected chi connectivity index (χ0v) is 16.2. The van der Waals surface area contributed by atoms with E-state index in [0.717, 1.165) is 14.9 Å². The summed E-state index contributed by atoms with van der Waals surface area (Å²) in [5, 5.41) is 14.8. The van der Waals surface area contributed by atoms with Crippen LogP contribution in [-0.2, 0) is 0 Å². The van der Waals surface area contributed by atoms with Crippen LogP contribution >= 0.6 is 43.2 Å². The molecule has 0 amide bonds. The molecule has 5 nitrogen and oxygen atoms in total. The van der Waals surface area contributed by atoms with Crippen LogP contribution in [0.2, 0.25) is 0 Å². The molecule has 1 N–H and O–H groups in total. The number of hydrogen-bond donors (Lipinski definition) is 1. The average Bonchev–Trinajstić information content (AvgIpc) is 2.79. The molecule has 0 aliphatic rings. The predicted molar refractivity (Wildman–Crippen MR) is 99.9 cm³/mol. The average molecular weight is 457 g/mol. The minimum Gasteiger partial charge on any atom is -0.506 e. The molecular formula is C15H11Br2N3O2S. The summed E-state index contributed by atoms with van der Waals surface area (Å²) in [5.74, 6) is 0.0570. The number of nitrogens with zero attached hydrogens (tertiary/aromatic N) is 3. The number of phenolic OH excluding ortho intramolecular Hbond substituents is 1. The van der Waals surface area contributed by atoms with E-state index in [0.29, 0.717) is 20.3 Å². The van der Waals surface area contributed by atoms with Crippen LogP contribution in [0.3, 0.4) is 0 Å². The van der Waals surface area contributed by atoms with E-state index in [4.69, 9.17) is 0 Å². The monoisotopic (exact) mass is 455 g/mol. The summed E-state index contributed by atoms with van der Waals surface area (Å²) in [5.41, 5.74) is 1.19. The number of aromatic hydroxyl groups is 1. The Kier molecular flexibility index (Phi) is 4.39. The molecule has 0 unspecified atom stereocenters. The third-order valence-corrected chi connectivity index (χ3v) is 5.63. The first-order valence-electron chi connectivity index (χ1n) is 6.58. The van der Waals surface area contributed by atoms with Crippen molar-refractivity contribution >= 4 is 59.6 Å². The topological polar surface area (TPSA) is 67.5 Å². The molecule has 0 spiro atoms. The second-order valence-corrected chi connectivity index (χ2v) is 7.90. The number of halogens is 2. The number of thiophene rings is 1. The first kappa shape index (κ1) is 16.4. The van der Waals surface area contributed by atoms with E-state index in [1.54, 1.807) is 12.1 Å². The maximum absolute atomic E-state index is 12.5. The summed E-state index contributed by atoms with van der Waals surface area (Å²) >= 11 is 8.11. The van der Waals surface area contributed by atoms with Gasteiger partial charge in [-0.2, -0.15) is 9.78 Å². The van der Waals surface area contributed by atoms with E-state index in [1.807, 2.05) is 13.8 Å². The fraction of sp³-hybridized carbons (Fsp3) is 0.133. The summed E-state index contributed by atoms with van der Waals surface area (Å²) in [7, 11) is 0.